The molecule has 11 heteroatoms. The van der Waals surface area contributed by atoms with Crippen LogP contribution in [0.2, 0.25) is 10.0 Å². The zero-order chi connectivity index (χ0) is 26.5. The predicted molar refractivity (Wildman–Crippen MR) is 138 cm³/mol. The maximum absolute atomic E-state index is 13.6. The molecule has 2 amide bonds. The van der Waals surface area contributed by atoms with E-state index >= 15 is 0 Å². The van der Waals surface area contributed by atoms with E-state index in [1.54, 1.807) is 36.4 Å². The second-order valence-corrected chi connectivity index (χ2v) is 10.5. The lowest BCUT2D eigenvalue weighted by atomic mass is 10.1. The molecule has 0 radical (unpaired) electrons. The number of nitrogens with one attached hydrogen (secondary N) is 1. The smallest absolute Gasteiger partial charge is 0.264 e. The quantitative estimate of drug-likeness (QED) is 0.424. The molecule has 3 aromatic carbocycles. The second-order valence-electron chi connectivity index (χ2n) is 7.86. The van der Waals surface area contributed by atoms with Gasteiger partial charge >= 0.3 is 0 Å². The number of carbonyl (C=O) groups excluding carboxylic acids is 2. The number of amides is 2. The van der Waals surface area contributed by atoms with Crippen molar-refractivity contribution in [1.29, 1.82) is 0 Å². The van der Waals surface area contributed by atoms with Crippen LogP contribution in [-0.2, 0) is 26.2 Å². The summed E-state index contributed by atoms with van der Waals surface area (Å²) in [6.45, 7) is 0.862. The zero-order valence-corrected chi connectivity index (χ0v) is 21.8. The normalized spacial score (nSPS) is 12.0. The lowest BCUT2D eigenvalue weighted by molar-refractivity contribution is -0.139. The first-order chi connectivity index (χ1) is 17.0. The van der Waals surface area contributed by atoms with Crippen LogP contribution in [0.4, 0.5) is 10.1 Å². The van der Waals surface area contributed by atoms with Gasteiger partial charge in [0, 0.05) is 13.6 Å². The summed E-state index contributed by atoms with van der Waals surface area (Å²) >= 11 is 12.1. The van der Waals surface area contributed by atoms with Crippen LogP contribution in [0, 0.1) is 5.82 Å². The topological polar surface area (TPSA) is 86.8 Å². The van der Waals surface area contributed by atoms with Gasteiger partial charge in [-0.2, -0.15) is 0 Å². The summed E-state index contributed by atoms with van der Waals surface area (Å²) < 4.78 is 41.5. The molecule has 0 fully saturated rings. The molecule has 36 heavy (non-hydrogen) atoms. The Morgan fingerprint density at radius 1 is 0.972 bits per heavy atom. The first-order valence-electron chi connectivity index (χ1n) is 10.8. The number of nitrogens with zero attached hydrogens (tertiary/aromatic N) is 2. The molecule has 0 bridgehead atoms. The van der Waals surface area contributed by atoms with Crippen molar-refractivity contribution in [3.05, 3.63) is 94.2 Å². The summed E-state index contributed by atoms with van der Waals surface area (Å²) in [5, 5.41) is 3.10. The fourth-order valence-corrected chi connectivity index (χ4v) is 5.24. The standard InChI is InChI=1S/C25H24Cl2FN3O4S/c1-17(25(33)29-2)30(15-18-8-13-22(26)23(27)14-18)24(32)16-31(20-11-9-19(28)10-12-20)36(34,35)21-6-4-3-5-7-21/h3-14,17H,15-16H2,1-2H3,(H,29,33)/t17-/m0/s1. The van der Waals surface area contributed by atoms with E-state index in [-0.39, 0.29) is 22.2 Å². The molecule has 0 aliphatic heterocycles. The largest absolute Gasteiger partial charge is 0.357 e. The van der Waals surface area contributed by atoms with Gasteiger partial charge in [0.15, 0.2) is 0 Å². The lowest BCUT2D eigenvalue weighted by Crippen LogP contribution is -2.50. The van der Waals surface area contributed by atoms with E-state index in [9.17, 15) is 22.4 Å². The highest BCUT2D eigenvalue weighted by atomic mass is 35.5. The van der Waals surface area contributed by atoms with Crippen molar-refractivity contribution in [3.63, 3.8) is 0 Å². The molecule has 0 saturated heterocycles. The van der Waals surface area contributed by atoms with Crippen LogP contribution in [0.3, 0.4) is 0 Å². The summed E-state index contributed by atoms with van der Waals surface area (Å²) in [5.41, 5.74) is 0.684. The molecule has 3 aromatic rings. The van der Waals surface area contributed by atoms with Crippen molar-refractivity contribution in [1.82, 2.24) is 10.2 Å². The third-order valence-electron chi connectivity index (χ3n) is 5.48. The third kappa shape index (κ3) is 6.34. The van der Waals surface area contributed by atoms with Gasteiger partial charge in [-0.15, -0.1) is 0 Å². The Kier molecular flexibility index (Phi) is 8.94. The highest BCUT2D eigenvalue weighted by Crippen LogP contribution is 2.26. The van der Waals surface area contributed by atoms with Crippen LogP contribution < -0.4 is 9.62 Å². The monoisotopic (exact) mass is 551 g/mol. The summed E-state index contributed by atoms with van der Waals surface area (Å²) in [5.74, 6) is -1.65. The van der Waals surface area contributed by atoms with Crippen LogP contribution in [0.25, 0.3) is 0 Å². The number of halogens is 3. The number of likely N-dealkylation sites (N-methyl/N-ethyl adjacent to an activating group) is 1. The van der Waals surface area contributed by atoms with E-state index in [2.05, 4.69) is 5.32 Å². The molecule has 1 N–H and O–H groups in total. The summed E-state index contributed by atoms with van der Waals surface area (Å²) in [4.78, 5) is 27.3. The van der Waals surface area contributed by atoms with Crippen molar-refractivity contribution in [2.45, 2.75) is 24.4 Å². The van der Waals surface area contributed by atoms with Crippen molar-refractivity contribution < 1.29 is 22.4 Å². The molecule has 0 saturated carbocycles. The molecule has 0 aliphatic carbocycles. The summed E-state index contributed by atoms with van der Waals surface area (Å²) in [6, 6.07) is 16.2. The summed E-state index contributed by atoms with van der Waals surface area (Å²) in [6.07, 6.45) is 0. The molecular formula is C25H24Cl2FN3O4S. The van der Waals surface area contributed by atoms with Gasteiger partial charge in [0.05, 0.1) is 20.6 Å². The number of hydrogen-bond donors (Lipinski definition) is 1. The average molecular weight is 552 g/mol. The van der Waals surface area contributed by atoms with Crippen molar-refractivity contribution in [2.24, 2.45) is 0 Å². The minimum Gasteiger partial charge on any atom is -0.357 e. The predicted octanol–water partition coefficient (Wildman–Crippen LogP) is 4.49. The maximum atomic E-state index is 13.6. The molecule has 7 nitrogen and oxygen atoms in total. The highest BCUT2D eigenvalue weighted by molar-refractivity contribution is 7.92. The first kappa shape index (κ1) is 27.4. The fraction of sp³-hybridized carbons (Fsp3) is 0.200. The SMILES string of the molecule is CNC(=O)[C@H](C)N(Cc1ccc(Cl)c(Cl)c1)C(=O)CN(c1ccc(F)cc1)S(=O)(=O)c1ccccc1. The minimum absolute atomic E-state index is 0.0348. The van der Waals surface area contributed by atoms with Crippen LogP contribution >= 0.6 is 23.2 Å². The molecule has 0 spiro atoms. The van der Waals surface area contributed by atoms with Crippen LogP contribution in [-0.4, -0.2) is 44.8 Å². The number of rotatable bonds is 9. The van der Waals surface area contributed by atoms with Gasteiger partial charge in [-0.05, 0) is 61.0 Å². The molecule has 0 unspecified atom stereocenters. The number of hydrogen-bond acceptors (Lipinski definition) is 4. The van der Waals surface area contributed by atoms with E-state index in [4.69, 9.17) is 23.2 Å². The van der Waals surface area contributed by atoms with Crippen LogP contribution in [0.1, 0.15) is 12.5 Å². The van der Waals surface area contributed by atoms with E-state index < -0.39 is 40.2 Å². The zero-order valence-electron chi connectivity index (χ0n) is 19.5. The number of sulfonamides is 1. The maximum Gasteiger partial charge on any atom is 0.264 e. The highest BCUT2D eigenvalue weighted by Gasteiger charge is 2.32. The fourth-order valence-electron chi connectivity index (χ4n) is 3.48. The number of carbonyl (C=O) groups is 2. The van der Waals surface area contributed by atoms with Crippen molar-refractivity contribution in [3.8, 4) is 0 Å². The van der Waals surface area contributed by atoms with Crippen molar-refractivity contribution >= 4 is 50.7 Å². The van der Waals surface area contributed by atoms with Gasteiger partial charge in [-0.3, -0.25) is 13.9 Å². The Labute approximate surface area is 219 Å². The molecule has 0 aliphatic rings. The lowest BCUT2D eigenvalue weighted by Gasteiger charge is -2.31. The van der Waals surface area contributed by atoms with Gasteiger partial charge in [0.1, 0.15) is 18.4 Å². The van der Waals surface area contributed by atoms with Crippen LogP contribution in [0.5, 0.6) is 0 Å². The van der Waals surface area contributed by atoms with Crippen molar-refractivity contribution in [2.75, 3.05) is 17.9 Å². The molecule has 190 valence electrons. The molecule has 0 aromatic heterocycles. The molecule has 3 rings (SSSR count). The average Bonchev–Trinajstić information content (AvgIpc) is 2.88. The number of benzene rings is 3. The Balaban J connectivity index is 2.02. The molecule has 1 atom stereocenters. The Morgan fingerprint density at radius 3 is 2.19 bits per heavy atom. The van der Waals surface area contributed by atoms with E-state index in [1.807, 2.05) is 0 Å². The van der Waals surface area contributed by atoms with E-state index in [0.717, 1.165) is 16.4 Å². The second kappa shape index (κ2) is 11.7. The Hall–Kier alpha value is -3.14. The first-order valence-corrected chi connectivity index (χ1v) is 13.0. The van der Waals surface area contributed by atoms with E-state index in [0.29, 0.717) is 10.6 Å². The van der Waals surface area contributed by atoms with Crippen LogP contribution in [0.15, 0.2) is 77.7 Å². The number of anilines is 1. The van der Waals surface area contributed by atoms with Gasteiger partial charge in [0.25, 0.3) is 10.0 Å². The Bertz CT molecular complexity index is 1340. The van der Waals surface area contributed by atoms with E-state index in [1.165, 1.54) is 43.1 Å². The third-order valence-corrected chi connectivity index (χ3v) is 8.00. The molecular weight excluding hydrogens is 528 g/mol. The molecule has 0 heterocycles. The van der Waals surface area contributed by atoms with Gasteiger partial charge < -0.3 is 10.2 Å². The minimum atomic E-state index is -4.21. The van der Waals surface area contributed by atoms with Gasteiger partial charge in [-0.1, -0.05) is 47.5 Å². The Morgan fingerprint density at radius 2 is 1.61 bits per heavy atom. The van der Waals surface area contributed by atoms with Gasteiger partial charge in [-0.25, -0.2) is 12.8 Å². The van der Waals surface area contributed by atoms with Gasteiger partial charge in [0.2, 0.25) is 11.8 Å². The summed E-state index contributed by atoms with van der Waals surface area (Å²) in [7, 11) is -2.77.